The van der Waals surface area contributed by atoms with Crippen molar-refractivity contribution in [2.45, 2.75) is 65.0 Å². The Hall–Kier alpha value is -3.20. The Kier molecular flexibility index (Phi) is 8.03. The Morgan fingerprint density at radius 1 is 1.07 bits per heavy atom. The lowest BCUT2D eigenvalue weighted by Crippen LogP contribution is -2.46. The van der Waals surface area contributed by atoms with Crippen molar-refractivity contribution >= 4 is 29.4 Å². The molecule has 3 aromatic rings. The van der Waals surface area contributed by atoms with Crippen molar-refractivity contribution < 1.29 is 18.4 Å². The lowest BCUT2D eigenvalue weighted by Gasteiger charge is -2.32. The van der Waals surface area contributed by atoms with Crippen LogP contribution in [-0.4, -0.2) is 51.9 Å². The van der Waals surface area contributed by atoms with Crippen molar-refractivity contribution in [3.8, 4) is 5.69 Å². The van der Waals surface area contributed by atoms with E-state index in [1.54, 1.807) is 9.58 Å². The van der Waals surface area contributed by atoms with Gasteiger partial charge in [0.2, 0.25) is 11.8 Å². The number of hydrogen-bond acceptors (Lipinski definition) is 4. The number of rotatable bonds is 4. The molecule has 2 aliphatic rings. The van der Waals surface area contributed by atoms with Crippen LogP contribution >= 0.6 is 11.8 Å². The van der Waals surface area contributed by atoms with E-state index in [2.05, 4.69) is 13.0 Å². The summed E-state index contributed by atoms with van der Waals surface area (Å²) in [6.07, 6.45) is 1.86. The molecule has 1 saturated heterocycles. The molecule has 0 bridgehead atoms. The highest BCUT2D eigenvalue weighted by atomic mass is 32.2. The number of carbonyl (C=O) groups is 2. The van der Waals surface area contributed by atoms with E-state index in [0.717, 1.165) is 35.7 Å². The highest BCUT2D eigenvalue weighted by molar-refractivity contribution is 8.00. The fourth-order valence-corrected chi connectivity index (χ4v) is 6.96. The standard InChI is InChI=1S/C32H38F2N4O2S/c1-19-11-13-36(14-12-19)26(39)17-37-27(40)18-41-29(23-9-8-22(33)16-24(23)34)28-30(32(4,5)6)35-38(31(28)37)25-10-7-20(2)15-21(25)3/h7-10,15-16,19,29H,11-14,17-18H2,1-6H3/t29-/m1/s1. The maximum absolute atomic E-state index is 15.4. The summed E-state index contributed by atoms with van der Waals surface area (Å²) in [5.74, 6) is -0.613. The molecule has 0 radical (unpaired) electrons. The first-order valence-corrected chi connectivity index (χ1v) is 15.3. The second kappa shape index (κ2) is 11.2. The molecule has 3 heterocycles. The van der Waals surface area contributed by atoms with Crippen molar-refractivity contribution in [2.75, 3.05) is 30.3 Å². The minimum absolute atomic E-state index is 0.0386. The number of benzene rings is 2. The van der Waals surface area contributed by atoms with E-state index in [0.29, 0.717) is 36.1 Å². The minimum Gasteiger partial charge on any atom is -0.341 e. The van der Waals surface area contributed by atoms with Gasteiger partial charge in [-0.05, 0) is 50.3 Å². The quantitative estimate of drug-likeness (QED) is 0.354. The maximum Gasteiger partial charge on any atom is 0.242 e. The highest BCUT2D eigenvalue weighted by Crippen LogP contribution is 2.49. The van der Waals surface area contributed by atoms with Crippen LogP contribution in [0, 0.1) is 31.4 Å². The van der Waals surface area contributed by atoms with Crippen molar-refractivity contribution in [1.82, 2.24) is 14.7 Å². The summed E-state index contributed by atoms with van der Waals surface area (Å²) in [6.45, 7) is 13.5. The van der Waals surface area contributed by atoms with Crippen molar-refractivity contribution in [3.63, 3.8) is 0 Å². The summed E-state index contributed by atoms with van der Waals surface area (Å²) in [5.41, 5.74) is 4.02. The number of aromatic nitrogens is 2. The van der Waals surface area contributed by atoms with E-state index in [4.69, 9.17) is 5.10 Å². The minimum atomic E-state index is -0.674. The zero-order chi connectivity index (χ0) is 29.6. The normalized spacial score (nSPS) is 18.4. The Bertz CT molecular complexity index is 1490. The third kappa shape index (κ3) is 5.78. The molecule has 5 rings (SSSR count). The first-order chi connectivity index (χ1) is 19.3. The fraction of sp³-hybridized carbons (Fsp3) is 0.469. The predicted octanol–water partition coefficient (Wildman–Crippen LogP) is 6.49. The van der Waals surface area contributed by atoms with Gasteiger partial charge in [0.05, 0.1) is 22.4 Å². The van der Waals surface area contributed by atoms with Gasteiger partial charge >= 0.3 is 0 Å². The Labute approximate surface area is 245 Å². The van der Waals surface area contributed by atoms with Gasteiger partial charge in [0, 0.05) is 35.7 Å². The Morgan fingerprint density at radius 2 is 1.78 bits per heavy atom. The molecule has 0 spiro atoms. The molecule has 218 valence electrons. The second-order valence-electron chi connectivity index (χ2n) is 12.4. The van der Waals surface area contributed by atoms with Crippen LogP contribution in [0.1, 0.15) is 73.7 Å². The lowest BCUT2D eigenvalue weighted by atomic mass is 9.87. The summed E-state index contributed by atoms with van der Waals surface area (Å²) >= 11 is 1.29. The highest BCUT2D eigenvalue weighted by Gasteiger charge is 2.41. The van der Waals surface area contributed by atoms with Gasteiger partial charge in [0.25, 0.3) is 0 Å². The molecule has 0 aliphatic carbocycles. The van der Waals surface area contributed by atoms with Crippen LogP contribution in [-0.2, 0) is 15.0 Å². The van der Waals surface area contributed by atoms with E-state index in [-0.39, 0.29) is 29.7 Å². The zero-order valence-electron chi connectivity index (χ0n) is 24.6. The molecule has 1 aromatic heterocycles. The number of amides is 2. The van der Waals surface area contributed by atoms with E-state index in [9.17, 15) is 14.0 Å². The number of hydrogen-bond donors (Lipinski definition) is 0. The van der Waals surface area contributed by atoms with E-state index in [1.807, 2.05) is 51.7 Å². The fourth-order valence-electron chi connectivity index (χ4n) is 5.74. The topological polar surface area (TPSA) is 58.4 Å². The number of anilines is 1. The monoisotopic (exact) mass is 580 g/mol. The predicted molar refractivity (Wildman–Crippen MR) is 160 cm³/mol. The van der Waals surface area contributed by atoms with Crippen LogP contribution in [0.3, 0.4) is 0 Å². The van der Waals surface area contributed by atoms with Crippen molar-refractivity contribution in [2.24, 2.45) is 5.92 Å². The van der Waals surface area contributed by atoms with Crippen molar-refractivity contribution in [3.05, 3.63) is 76.0 Å². The maximum atomic E-state index is 15.4. The van der Waals surface area contributed by atoms with Gasteiger partial charge < -0.3 is 4.90 Å². The molecule has 0 N–H and O–H groups in total. The van der Waals surface area contributed by atoms with Crippen molar-refractivity contribution in [1.29, 1.82) is 0 Å². The molecule has 1 atom stereocenters. The molecule has 2 amide bonds. The van der Waals surface area contributed by atoms with Gasteiger partial charge in [0.15, 0.2) is 0 Å². The molecular weight excluding hydrogens is 542 g/mol. The number of likely N-dealkylation sites (tertiary alicyclic amines) is 1. The van der Waals surface area contributed by atoms with Crippen LogP contribution in [0.2, 0.25) is 0 Å². The summed E-state index contributed by atoms with van der Waals surface area (Å²) in [4.78, 5) is 30.9. The van der Waals surface area contributed by atoms with Crippen LogP contribution in [0.5, 0.6) is 0 Å². The molecule has 6 nitrogen and oxygen atoms in total. The molecule has 0 unspecified atom stereocenters. The number of fused-ring (bicyclic) bond motifs is 1. The summed E-state index contributed by atoms with van der Waals surface area (Å²) in [7, 11) is 0. The van der Waals surface area contributed by atoms with Gasteiger partial charge in [-0.1, -0.05) is 51.5 Å². The van der Waals surface area contributed by atoms with Crippen LogP contribution in [0.25, 0.3) is 5.69 Å². The number of halogens is 2. The summed E-state index contributed by atoms with van der Waals surface area (Å²) in [6, 6.07) is 9.58. The number of aryl methyl sites for hydroxylation is 2. The third-order valence-electron chi connectivity index (χ3n) is 8.05. The number of piperidine rings is 1. The van der Waals surface area contributed by atoms with E-state index in [1.165, 1.54) is 23.9 Å². The van der Waals surface area contributed by atoms with E-state index >= 15 is 4.39 Å². The summed E-state index contributed by atoms with van der Waals surface area (Å²) in [5, 5.41) is 4.47. The summed E-state index contributed by atoms with van der Waals surface area (Å²) < 4.78 is 31.1. The number of thioether (sulfide) groups is 1. The smallest absolute Gasteiger partial charge is 0.242 e. The Morgan fingerprint density at radius 3 is 2.41 bits per heavy atom. The van der Waals surface area contributed by atoms with Gasteiger partial charge in [-0.3, -0.25) is 14.5 Å². The van der Waals surface area contributed by atoms with Gasteiger partial charge in [-0.15, -0.1) is 11.8 Å². The lowest BCUT2D eigenvalue weighted by molar-refractivity contribution is -0.132. The molecular formula is C32H38F2N4O2S. The van der Waals surface area contributed by atoms with Gasteiger partial charge in [0.1, 0.15) is 24.0 Å². The van der Waals surface area contributed by atoms with Gasteiger partial charge in [-0.25, -0.2) is 13.5 Å². The molecule has 2 aromatic carbocycles. The molecule has 9 heteroatoms. The molecule has 41 heavy (non-hydrogen) atoms. The average molecular weight is 581 g/mol. The number of carbonyl (C=O) groups excluding carboxylic acids is 2. The van der Waals surface area contributed by atoms with Crippen LogP contribution in [0.4, 0.5) is 14.6 Å². The molecule has 0 saturated carbocycles. The van der Waals surface area contributed by atoms with E-state index < -0.39 is 22.3 Å². The molecule has 1 fully saturated rings. The first-order valence-electron chi connectivity index (χ1n) is 14.2. The second-order valence-corrected chi connectivity index (χ2v) is 13.5. The SMILES string of the molecule is Cc1ccc(-n2nc(C(C)(C)C)c3c2N(CC(=O)N2CCC(C)CC2)C(=O)CS[C@@H]3c2ccc(F)cc2F)c(C)c1. The average Bonchev–Trinajstić information content (AvgIpc) is 3.23. The zero-order valence-corrected chi connectivity index (χ0v) is 25.4. The Balaban J connectivity index is 1.74. The largest absolute Gasteiger partial charge is 0.341 e. The van der Waals surface area contributed by atoms with Crippen LogP contribution in [0.15, 0.2) is 36.4 Å². The third-order valence-corrected chi connectivity index (χ3v) is 9.29. The number of nitrogens with zero attached hydrogens (tertiary/aromatic N) is 4. The van der Waals surface area contributed by atoms with Gasteiger partial charge in [-0.2, -0.15) is 5.10 Å². The first kappa shape index (κ1) is 29.3. The van der Waals surface area contributed by atoms with Crippen LogP contribution < -0.4 is 4.90 Å². The molecule has 2 aliphatic heterocycles.